The summed E-state index contributed by atoms with van der Waals surface area (Å²) in [5.74, 6) is 5.24. The van der Waals surface area contributed by atoms with Crippen molar-refractivity contribution in [1.82, 2.24) is 14.4 Å². The molecule has 0 amide bonds. The van der Waals surface area contributed by atoms with E-state index in [0.29, 0.717) is 5.92 Å². The SMILES string of the molecule is Cc1cc(C2CC2)cn2cc(CN(N)/C=C(\N)C(=O)O)nc12. The molecule has 0 atom stereocenters. The van der Waals surface area contributed by atoms with Crippen LogP contribution in [-0.4, -0.2) is 25.5 Å². The summed E-state index contributed by atoms with van der Waals surface area (Å²) < 4.78 is 2.01. The molecule has 0 radical (unpaired) electrons. The van der Waals surface area contributed by atoms with Crippen molar-refractivity contribution in [2.24, 2.45) is 11.6 Å². The van der Waals surface area contributed by atoms with Gasteiger partial charge in [0.25, 0.3) is 0 Å². The number of aliphatic carboxylic acids is 1. The van der Waals surface area contributed by atoms with E-state index >= 15 is 0 Å². The van der Waals surface area contributed by atoms with Gasteiger partial charge >= 0.3 is 5.97 Å². The van der Waals surface area contributed by atoms with Gasteiger partial charge in [0.1, 0.15) is 11.3 Å². The third kappa shape index (κ3) is 2.89. The molecular formula is C15H19N5O2. The van der Waals surface area contributed by atoms with E-state index < -0.39 is 5.97 Å². The number of nitrogens with zero attached hydrogens (tertiary/aromatic N) is 3. The van der Waals surface area contributed by atoms with Gasteiger partial charge in [0.05, 0.1) is 12.2 Å². The van der Waals surface area contributed by atoms with E-state index in [2.05, 4.69) is 17.2 Å². The van der Waals surface area contributed by atoms with Crippen LogP contribution in [-0.2, 0) is 11.3 Å². The highest BCUT2D eigenvalue weighted by atomic mass is 16.4. The average molecular weight is 301 g/mol. The highest BCUT2D eigenvalue weighted by Gasteiger charge is 2.24. The number of imidazole rings is 1. The number of fused-ring (bicyclic) bond motifs is 1. The van der Waals surface area contributed by atoms with Crippen LogP contribution >= 0.6 is 0 Å². The molecule has 5 N–H and O–H groups in total. The fraction of sp³-hybridized carbons (Fsp3) is 0.333. The van der Waals surface area contributed by atoms with E-state index in [1.807, 2.05) is 17.5 Å². The van der Waals surface area contributed by atoms with E-state index in [0.717, 1.165) is 16.9 Å². The molecule has 2 aromatic rings. The monoisotopic (exact) mass is 301 g/mol. The molecule has 22 heavy (non-hydrogen) atoms. The van der Waals surface area contributed by atoms with Crippen molar-refractivity contribution < 1.29 is 9.90 Å². The molecule has 2 heterocycles. The van der Waals surface area contributed by atoms with Crippen LogP contribution in [0.5, 0.6) is 0 Å². The largest absolute Gasteiger partial charge is 0.477 e. The van der Waals surface area contributed by atoms with E-state index in [4.69, 9.17) is 16.7 Å². The van der Waals surface area contributed by atoms with Crippen molar-refractivity contribution in [3.05, 3.63) is 47.2 Å². The third-order valence-corrected chi connectivity index (χ3v) is 3.75. The second kappa shape index (κ2) is 5.34. The molecule has 0 bridgehead atoms. The number of carboxylic acid groups (broad SMARTS) is 1. The smallest absolute Gasteiger partial charge is 0.353 e. The van der Waals surface area contributed by atoms with Crippen LogP contribution in [0.25, 0.3) is 5.65 Å². The number of aryl methyl sites for hydroxylation is 1. The molecule has 0 saturated heterocycles. The van der Waals surface area contributed by atoms with Gasteiger partial charge in [-0.3, -0.25) is 0 Å². The molecule has 3 rings (SSSR count). The maximum Gasteiger partial charge on any atom is 0.353 e. The molecule has 0 aliphatic heterocycles. The number of carboxylic acids is 1. The number of hydrogen-bond donors (Lipinski definition) is 3. The molecule has 1 aliphatic rings. The summed E-state index contributed by atoms with van der Waals surface area (Å²) in [6.07, 6.45) is 7.72. The minimum Gasteiger partial charge on any atom is -0.477 e. The first-order chi connectivity index (χ1) is 10.4. The van der Waals surface area contributed by atoms with Crippen LogP contribution in [0, 0.1) is 6.92 Å². The molecule has 7 nitrogen and oxygen atoms in total. The first kappa shape index (κ1) is 14.4. The summed E-state index contributed by atoms with van der Waals surface area (Å²) in [5.41, 5.74) is 9.15. The number of pyridine rings is 1. The average Bonchev–Trinajstić information content (AvgIpc) is 3.20. The minimum absolute atomic E-state index is 0.286. The van der Waals surface area contributed by atoms with Crippen LogP contribution < -0.4 is 11.6 Å². The molecule has 2 aromatic heterocycles. The minimum atomic E-state index is -1.20. The normalized spacial score (nSPS) is 15.3. The number of carbonyl (C=O) groups is 1. The molecule has 0 spiro atoms. The lowest BCUT2D eigenvalue weighted by Crippen LogP contribution is -2.27. The van der Waals surface area contributed by atoms with E-state index in [9.17, 15) is 4.79 Å². The zero-order valence-corrected chi connectivity index (χ0v) is 12.4. The molecule has 116 valence electrons. The summed E-state index contributed by atoms with van der Waals surface area (Å²) in [7, 11) is 0. The van der Waals surface area contributed by atoms with Crippen LogP contribution in [0.2, 0.25) is 0 Å². The summed E-state index contributed by atoms with van der Waals surface area (Å²) in [4.78, 5) is 15.2. The lowest BCUT2D eigenvalue weighted by atomic mass is 10.1. The van der Waals surface area contributed by atoms with Crippen molar-refractivity contribution >= 4 is 11.6 Å². The first-order valence-corrected chi connectivity index (χ1v) is 7.14. The van der Waals surface area contributed by atoms with Gasteiger partial charge in [-0.2, -0.15) is 0 Å². The van der Waals surface area contributed by atoms with Crippen LogP contribution in [0.1, 0.15) is 35.6 Å². The number of hydrazine groups is 1. The van der Waals surface area contributed by atoms with Crippen LogP contribution in [0.4, 0.5) is 0 Å². The Morgan fingerprint density at radius 2 is 2.27 bits per heavy atom. The topological polar surface area (TPSA) is 110 Å². The van der Waals surface area contributed by atoms with Crippen LogP contribution in [0.3, 0.4) is 0 Å². The highest BCUT2D eigenvalue weighted by Crippen LogP contribution is 2.40. The number of nitrogens with two attached hydrogens (primary N) is 2. The summed E-state index contributed by atoms with van der Waals surface area (Å²) in [6, 6.07) is 2.19. The Morgan fingerprint density at radius 3 is 2.91 bits per heavy atom. The van der Waals surface area contributed by atoms with Gasteiger partial charge in [0.15, 0.2) is 0 Å². The van der Waals surface area contributed by atoms with Gasteiger partial charge in [0, 0.05) is 18.6 Å². The van der Waals surface area contributed by atoms with Gasteiger partial charge < -0.3 is 20.2 Å². The Labute approximate surface area is 127 Å². The van der Waals surface area contributed by atoms with Crippen molar-refractivity contribution in [2.75, 3.05) is 0 Å². The molecule has 1 aliphatic carbocycles. The lowest BCUT2D eigenvalue weighted by Gasteiger charge is -2.11. The van der Waals surface area contributed by atoms with Gasteiger partial charge in [-0.1, -0.05) is 6.07 Å². The quantitative estimate of drug-likeness (QED) is 0.433. The van der Waals surface area contributed by atoms with Crippen molar-refractivity contribution in [2.45, 2.75) is 32.2 Å². The second-order valence-electron chi connectivity index (χ2n) is 5.76. The van der Waals surface area contributed by atoms with E-state index in [1.165, 1.54) is 29.6 Å². The molecule has 0 aromatic carbocycles. The Kier molecular flexibility index (Phi) is 3.50. The number of rotatable bonds is 5. The number of aromatic nitrogens is 2. The number of hydrogen-bond acceptors (Lipinski definition) is 5. The van der Waals surface area contributed by atoms with Gasteiger partial charge in [-0.25, -0.2) is 15.6 Å². The predicted molar refractivity (Wildman–Crippen MR) is 81.5 cm³/mol. The third-order valence-electron chi connectivity index (χ3n) is 3.75. The van der Waals surface area contributed by atoms with Crippen molar-refractivity contribution in [1.29, 1.82) is 0 Å². The maximum absolute atomic E-state index is 10.7. The van der Waals surface area contributed by atoms with Gasteiger partial charge in [0.2, 0.25) is 0 Å². The standard InChI is InChI=1S/C15H19N5O2/c1-9-4-11(10-2-3-10)5-19-6-12(18-14(9)19)7-20(17)8-13(16)15(21)22/h4-6,8,10H,2-3,7,16-17H2,1H3,(H,21,22)/b13-8-. The fourth-order valence-electron chi connectivity index (χ4n) is 2.53. The van der Waals surface area contributed by atoms with E-state index in [-0.39, 0.29) is 12.2 Å². The Hall–Kier alpha value is -2.54. The van der Waals surface area contributed by atoms with Crippen molar-refractivity contribution in [3.8, 4) is 0 Å². The van der Waals surface area contributed by atoms with Gasteiger partial charge in [-0.15, -0.1) is 0 Å². The fourth-order valence-corrected chi connectivity index (χ4v) is 2.53. The summed E-state index contributed by atoms with van der Waals surface area (Å²) in [5, 5.41) is 9.97. The zero-order chi connectivity index (χ0) is 15.9. The zero-order valence-electron chi connectivity index (χ0n) is 12.4. The van der Waals surface area contributed by atoms with Gasteiger partial charge in [-0.05, 0) is 36.8 Å². The Morgan fingerprint density at radius 1 is 1.55 bits per heavy atom. The Balaban J connectivity index is 1.84. The molecule has 1 saturated carbocycles. The predicted octanol–water partition coefficient (Wildman–Crippen LogP) is 1.08. The Bertz CT molecular complexity index is 761. The van der Waals surface area contributed by atoms with E-state index in [1.54, 1.807) is 0 Å². The lowest BCUT2D eigenvalue weighted by molar-refractivity contribution is -0.132. The highest BCUT2D eigenvalue weighted by molar-refractivity contribution is 5.85. The maximum atomic E-state index is 10.7. The molecule has 0 unspecified atom stereocenters. The molecular weight excluding hydrogens is 282 g/mol. The second-order valence-corrected chi connectivity index (χ2v) is 5.76. The molecule has 1 fully saturated rings. The molecule has 7 heteroatoms. The summed E-state index contributed by atoms with van der Waals surface area (Å²) in [6.45, 7) is 2.33. The van der Waals surface area contributed by atoms with Crippen molar-refractivity contribution in [3.63, 3.8) is 0 Å². The first-order valence-electron chi connectivity index (χ1n) is 7.14. The van der Waals surface area contributed by atoms with Crippen LogP contribution in [0.15, 0.2) is 30.4 Å². The summed E-state index contributed by atoms with van der Waals surface area (Å²) >= 11 is 0.